The lowest BCUT2D eigenvalue weighted by molar-refractivity contribution is 0.512. The van der Waals surface area contributed by atoms with Gasteiger partial charge in [-0.3, -0.25) is 5.32 Å². The summed E-state index contributed by atoms with van der Waals surface area (Å²) < 4.78 is 26.8. The van der Waals surface area contributed by atoms with Gasteiger partial charge in [-0.15, -0.1) is 0 Å². The van der Waals surface area contributed by atoms with Crippen LogP contribution in [-0.4, -0.2) is 0 Å². The van der Waals surface area contributed by atoms with E-state index in [0.29, 0.717) is 5.69 Å². The Morgan fingerprint density at radius 2 is 1.44 bits per heavy atom. The van der Waals surface area contributed by atoms with Gasteiger partial charge in [0.2, 0.25) is 0 Å². The van der Waals surface area contributed by atoms with Gasteiger partial charge in [0.1, 0.15) is 11.6 Å². The summed E-state index contributed by atoms with van der Waals surface area (Å²) in [5.41, 5.74) is 9.30. The highest BCUT2D eigenvalue weighted by Crippen LogP contribution is 2.27. The van der Waals surface area contributed by atoms with E-state index in [-0.39, 0.29) is 23.7 Å². The van der Waals surface area contributed by atoms with Gasteiger partial charge in [-0.25, -0.2) is 8.78 Å². The molecule has 0 saturated heterocycles. The molecule has 0 fully saturated rings. The van der Waals surface area contributed by atoms with E-state index in [4.69, 9.17) is 5.73 Å². The smallest absolute Gasteiger partial charge is 0.123 e. The summed E-state index contributed by atoms with van der Waals surface area (Å²) in [5, 5.41) is 3.50. The molecule has 25 heavy (non-hydrogen) atoms. The largest absolute Gasteiger partial charge is 0.399 e. The summed E-state index contributed by atoms with van der Waals surface area (Å²) in [5.74, 6) is -0.554. The third-order valence-electron chi connectivity index (χ3n) is 4.21. The summed E-state index contributed by atoms with van der Waals surface area (Å²) >= 11 is 0. The first-order valence-electron chi connectivity index (χ1n) is 8.15. The van der Waals surface area contributed by atoms with Crippen molar-refractivity contribution in [2.24, 2.45) is 0 Å². The number of hydrogen-bond acceptors (Lipinski definition) is 2. The van der Waals surface area contributed by atoms with E-state index >= 15 is 0 Å². The summed E-state index contributed by atoms with van der Waals surface area (Å²) in [7, 11) is 0. The van der Waals surface area contributed by atoms with Crippen LogP contribution in [-0.2, 0) is 0 Å². The maximum absolute atomic E-state index is 13.5. The summed E-state index contributed by atoms with van der Waals surface area (Å²) in [4.78, 5) is 0. The van der Waals surface area contributed by atoms with Crippen LogP contribution in [0, 0.1) is 11.6 Å². The van der Waals surface area contributed by atoms with Crippen molar-refractivity contribution in [3.05, 3.63) is 101 Å². The minimum atomic E-state index is -0.284. The number of benzene rings is 3. The minimum Gasteiger partial charge on any atom is -0.399 e. The van der Waals surface area contributed by atoms with Crippen LogP contribution in [0.15, 0.2) is 72.8 Å². The molecular weight excluding hydrogens is 318 g/mol. The standard InChI is InChI=1S/C21H20F2N2/c1-14(16-4-2-6-19(23)12-16)25-21(15-8-10-18(22)11-9-15)17-5-3-7-20(24)13-17/h2-14,21,25H,24H2,1H3/t14-,21?/m1/s1. The molecule has 2 atom stereocenters. The molecule has 4 heteroatoms. The highest BCUT2D eigenvalue weighted by atomic mass is 19.1. The molecule has 2 nitrogen and oxygen atoms in total. The average Bonchev–Trinajstić information content (AvgIpc) is 2.60. The molecule has 1 unspecified atom stereocenters. The van der Waals surface area contributed by atoms with Crippen molar-refractivity contribution in [1.82, 2.24) is 5.32 Å². The topological polar surface area (TPSA) is 38.0 Å². The Kier molecular flexibility index (Phi) is 5.10. The number of nitrogens with two attached hydrogens (primary N) is 1. The Morgan fingerprint density at radius 3 is 2.12 bits per heavy atom. The molecule has 0 aliphatic carbocycles. The monoisotopic (exact) mass is 338 g/mol. The van der Waals surface area contributed by atoms with E-state index in [2.05, 4.69) is 5.32 Å². The first-order chi connectivity index (χ1) is 12.0. The van der Waals surface area contributed by atoms with E-state index in [9.17, 15) is 8.78 Å². The average molecular weight is 338 g/mol. The van der Waals surface area contributed by atoms with Crippen molar-refractivity contribution in [3.8, 4) is 0 Å². The lowest BCUT2D eigenvalue weighted by Crippen LogP contribution is -2.26. The second kappa shape index (κ2) is 7.45. The Morgan fingerprint density at radius 1 is 0.760 bits per heavy atom. The maximum atomic E-state index is 13.5. The van der Waals surface area contributed by atoms with E-state index in [1.165, 1.54) is 24.3 Å². The van der Waals surface area contributed by atoms with Gasteiger partial charge < -0.3 is 5.73 Å². The number of hydrogen-bond donors (Lipinski definition) is 2. The molecule has 3 aromatic rings. The summed E-state index contributed by atoms with van der Waals surface area (Å²) in [6.07, 6.45) is 0. The van der Waals surface area contributed by atoms with E-state index in [0.717, 1.165) is 16.7 Å². The van der Waals surface area contributed by atoms with Gasteiger partial charge in [0.15, 0.2) is 0 Å². The van der Waals surface area contributed by atoms with Crippen molar-refractivity contribution in [2.75, 3.05) is 5.73 Å². The molecule has 3 aromatic carbocycles. The van der Waals surface area contributed by atoms with Gasteiger partial charge in [-0.1, -0.05) is 36.4 Å². The highest BCUT2D eigenvalue weighted by molar-refractivity contribution is 5.44. The zero-order valence-electron chi connectivity index (χ0n) is 13.9. The van der Waals surface area contributed by atoms with Crippen LogP contribution in [0.1, 0.15) is 35.7 Å². The first-order valence-corrected chi connectivity index (χ1v) is 8.15. The fourth-order valence-corrected chi connectivity index (χ4v) is 2.90. The van der Waals surface area contributed by atoms with Gasteiger partial charge in [0.25, 0.3) is 0 Å². The van der Waals surface area contributed by atoms with Gasteiger partial charge in [0.05, 0.1) is 6.04 Å². The van der Waals surface area contributed by atoms with Crippen LogP contribution in [0.3, 0.4) is 0 Å². The first kappa shape index (κ1) is 17.1. The number of rotatable bonds is 5. The van der Waals surface area contributed by atoms with Crippen LogP contribution in [0.4, 0.5) is 14.5 Å². The molecule has 0 amide bonds. The SMILES string of the molecule is C[C@@H](NC(c1ccc(F)cc1)c1cccc(N)c1)c1cccc(F)c1. The van der Waals surface area contributed by atoms with Crippen LogP contribution < -0.4 is 11.1 Å². The number of halogens is 2. The van der Waals surface area contributed by atoms with Crippen LogP contribution in [0.2, 0.25) is 0 Å². The van der Waals surface area contributed by atoms with Gasteiger partial charge in [-0.2, -0.15) is 0 Å². The Balaban J connectivity index is 1.95. The second-order valence-electron chi connectivity index (χ2n) is 6.10. The van der Waals surface area contributed by atoms with Crippen molar-refractivity contribution < 1.29 is 8.78 Å². The quantitative estimate of drug-likeness (QED) is 0.643. The van der Waals surface area contributed by atoms with Crippen LogP contribution in [0.25, 0.3) is 0 Å². The fraction of sp³-hybridized carbons (Fsp3) is 0.143. The summed E-state index contributed by atoms with van der Waals surface area (Å²) in [6.45, 7) is 1.97. The minimum absolute atomic E-state index is 0.104. The molecule has 3 N–H and O–H groups in total. The van der Waals surface area contributed by atoms with Crippen molar-refractivity contribution >= 4 is 5.69 Å². The van der Waals surface area contributed by atoms with Crippen molar-refractivity contribution in [3.63, 3.8) is 0 Å². The fourth-order valence-electron chi connectivity index (χ4n) is 2.90. The molecule has 0 spiro atoms. The van der Waals surface area contributed by atoms with Crippen molar-refractivity contribution in [2.45, 2.75) is 19.0 Å². The maximum Gasteiger partial charge on any atom is 0.123 e. The Labute approximate surface area is 146 Å². The molecule has 0 radical (unpaired) electrons. The molecular formula is C21H20F2N2. The predicted octanol–water partition coefficient (Wildman–Crippen LogP) is 4.99. The Hall–Kier alpha value is -2.72. The van der Waals surface area contributed by atoms with Crippen LogP contribution in [0.5, 0.6) is 0 Å². The lowest BCUT2D eigenvalue weighted by Gasteiger charge is -2.25. The molecule has 128 valence electrons. The summed E-state index contributed by atoms with van der Waals surface area (Å²) in [6, 6.07) is 20.1. The molecule has 3 rings (SSSR count). The molecule has 0 aliphatic heterocycles. The number of nitrogen functional groups attached to an aromatic ring is 1. The molecule has 0 bridgehead atoms. The zero-order valence-corrected chi connectivity index (χ0v) is 13.9. The van der Waals surface area contributed by atoms with E-state index in [1.54, 1.807) is 18.2 Å². The third kappa shape index (κ3) is 4.22. The predicted molar refractivity (Wildman–Crippen MR) is 97.0 cm³/mol. The highest BCUT2D eigenvalue weighted by Gasteiger charge is 2.18. The Bertz CT molecular complexity index is 847. The zero-order chi connectivity index (χ0) is 17.8. The normalized spacial score (nSPS) is 13.4. The second-order valence-corrected chi connectivity index (χ2v) is 6.10. The van der Waals surface area contributed by atoms with Gasteiger partial charge >= 0.3 is 0 Å². The van der Waals surface area contributed by atoms with E-state index in [1.807, 2.05) is 37.3 Å². The number of nitrogens with one attached hydrogen (secondary N) is 1. The molecule has 0 heterocycles. The van der Waals surface area contributed by atoms with Gasteiger partial charge in [0, 0.05) is 11.7 Å². The number of anilines is 1. The van der Waals surface area contributed by atoms with Crippen LogP contribution >= 0.6 is 0 Å². The molecule has 0 saturated carbocycles. The van der Waals surface area contributed by atoms with Gasteiger partial charge in [-0.05, 0) is 60.0 Å². The van der Waals surface area contributed by atoms with E-state index < -0.39 is 0 Å². The van der Waals surface area contributed by atoms with Crippen molar-refractivity contribution in [1.29, 1.82) is 0 Å². The third-order valence-corrected chi connectivity index (χ3v) is 4.21. The molecule has 0 aromatic heterocycles. The lowest BCUT2D eigenvalue weighted by atomic mass is 9.96. The molecule has 0 aliphatic rings.